The van der Waals surface area contributed by atoms with Crippen molar-refractivity contribution in [2.45, 2.75) is 13.5 Å². The van der Waals surface area contributed by atoms with Crippen LogP contribution in [0.4, 0.5) is 11.4 Å². The summed E-state index contributed by atoms with van der Waals surface area (Å²) in [6.07, 6.45) is 0. The molecule has 0 spiro atoms. The highest BCUT2D eigenvalue weighted by Gasteiger charge is 2.15. The highest BCUT2D eigenvalue weighted by atomic mass is 32.1. The predicted molar refractivity (Wildman–Crippen MR) is 89.5 cm³/mol. The minimum Gasteiger partial charge on any atom is -0.399 e. The van der Waals surface area contributed by atoms with Crippen molar-refractivity contribution in [3.8, 4) is 0 Å². The molecular formula is C16H21N3OS. The number of hydrogen-bond donors (Lipinski definition) is 1. The number of likely N-dealkylation sites (N-methyl/N-ethyl adjacent to an activating group) is 2. The zero-order valence-corrected chi connectivity index (χ0v) is 13.3. The van der Waals surface area contributed by atoms with E-state index in [1.807, 2.05) is 30.3 Å². The summed E-state index contributed by atoms with van der Waals surface area (Å²) in [4.78, 5) is 17.5. The van der Waals surface area contributed by atoms with Gasteiger partial charge in [-0.15, -0.1) is 11.3 Å². The lowest BCUT2D eigenvalue weighted by atomic mass is 10.2. The number of amides is 1. The summed E-state index contributed by atoms with van der Waals surface area (Å²) in [6.45, 7) is 4.15. The smallest absolute Gasteiger partial charge is 0.240 e. The minimum absolute atomic E-state index is 0.0816. The molecule has 0 atom stereocenters. The molecule has 2 N–H and O–H groups in total. The molecule has 4 nitrogen and oxygen atoms in total. The van der Waals surface area contributed by atoms with Crippen LogP contribution in [-0.4, -0.2) is 30.9 Å². The van der Waals surface area contributed by atoms with Crippen molar-refractivity contribution in [3.05, 3.63) is 46.7 Å². The molecule has 0 bridgehead atoms. The Morgan fingerprint density at radius 2 is 1.95 bits per heavy atom. The SMILES string of the molecule is CCN(CC(=O)N(C)c1ccc(N)cc1)Cc1cccs1. The van der Waals surface area contributed by atoms with Crippen molar-refractivity contribution in [1.29, 1.82) is 0 Å². The average molecular weight is 303 g/mol. The maximum absolute atomic E-state index is 12.4. The Bertz CT molecular complexity index is 566. The standard InChI is InChI=1S/C16H21N3OS/c1-3-19(11-15-5-4-10-21-15)12-16(20)18(2)14-8-6-13(17)7-9-14/h4-10H,3,11-12,17H2,1-2H3. The van der Waals surface area contributed by atoms with E-state index < -0.39 is 0 Å². The number of rotatable bonds is 6. The van der Waals surface area contributed by atoms with Crippen LogP contribution in [-0.2, 0) is 11.3 Å². The fraction of sp³-hybridized carbons (Fsp3) is 0.312. The van der Waals surface area contributed by atoms with Crippen LogP contribution < -0.4 is 10.6 Å². The van der Waals surface area contributed by atoms with Gasteiger partial charge in [0.05, 0.1) is 6.54 Å². The largest absolute Gasteiger partial charge is 0.399 e. The second-order valence-electron chi connectivity index (χ2n) is 4.93. The van der Waals surface area contributed by atoms with Gasteiger partial charge in [-0.2, -0.15) is 0 Å². The Hall–Kier alpha value is -1.85. The van der Waals surface area contributed by atoms with E-state index in [2.05, 4.69) is 23.3 Å². The average Bonchev–Trinajstić information content (AvgIpc) is 2.99. The maximum atomic E-state index is 12.4. The summed E-state index contributed by atoms with van der Waals surface area (Å²) in [5.41, 5.74) is 7.23. The van der Waals surface area contributed by atoms with Crippen LogP contribution in [0.5, 0.6) is 0 Å². The number of nitrogens with two attached hydrogens (primary N) is 1. The third-order valence-electron chi connectivity index (χ3n) is 3.42. The molecule has 5 heteroatoms. The first-order valence-electron chi connectivity index (χ1n) is 6.97. The molecule has 1 heterocycles. The lowest BCUT2D eigenvalue weighted by Gasteiger charge is -2.23. The van der Waals surface area contributed by atoms with Crippen LogP contribution in [0, 0.1) is 0 Å². The zero-order valence-electron chi connectivity index (χ0n) is 12.5. The van der Waals surface area contributed by atoms with Gasteiger partial charge in [0.25, 0.3) is 0 Å². The van der Waals surface area contributed by atoms with E-state index >= 15 is 0 Å². The van der Waals surface area contributed by atoms with Crippen LogP contribution in [0.2, 0.25) is 0 Å². The number of carbonyl (C=O) groups excluding carboxylic acids is 1. The van der Waals surface area contributed by atoms with Gasteiger partial charge in [0.2, 0.25) is 5.91 Å². The molecular weight excluding hydrogens is 282 g/mol. The number of carbonyl (C=O) groups is 1. The molecule has 0 fully saturated rings. The number of nitrogen functional groups attached to an aromatic ring is 1. The van der Waals surface area contributed by atoms with Gasteiger partial charge in [-0.3, -0.25) is 9.69 Å². The van der Waals surface area contributed by atoms with Crippen molar-refractivity contribution >= 4 is 28.6 Å². The van der Waals surface area contributed by atoms with Crippen LogP contribution in [0.3, 0.4) is 0 Å². The molecule has 2 rings (SSSR count). The van der Waals surface area contributed by atoms with Gasteiger partial charge in [-0.05, 0) is 42.3 Å². The van der Waals surface area contributed by atoms with Gasteiger partial charge in [-0.1, -0.05) is 13.0 Å². The van der Waals surface area contributed by atoms with E-state index in [4.69, 9.17) is 5.73 Å². The third-order valence-corrected chi connectivity index (χ3v) is 4.28. The first-order chi connectivity index (χ1) is 10.1. The van der Waals surface area contributed by atoms with Crippen LogP contribution in [0.1, 0.15) is 11.8 Å². The van der Waals surface area contributed by atoms with E-state index in [0.29, 0.717) is 12.2 Å². The highest BCUT2D eigenvalue weighted by Crippen LogP contribution is 2.16. The monoisotopic (exact) mass is 303 g/mol. The first kappa shape index (κ1) is 15.5. The van der Waals surface area contributed by atoms with E-state index in [1.54, 1.807) is 23.3 Å². The van der Waals surface area contributed by atoms with Crippen LogP contribution in [0.25, 0.3) is 0 Å². The van der Waals surface area contributed by atoms with Gasteiger partial charge in [0, 0.05) is 29.8 Å². The molecule has 1 aromatic carbocycles. The van der Waals surface area contributed by atoms with Crippen molar-refractivity contribution in [1.82, 2.24) is 4.90 Å². The zero-order chi connectivity index (χ0) is 15.2. The molecule has 112 valence electrons. The second-order valence-corrected chi connectivity index (χ2v) is 5.96. The molecule has 0 aliphatic heterocycles. The molecule has 0 saturated heterocycles. The van der Waals surface area contributed by atoms with Gasteiger partial charge >= 0.3 is 0 Å². The fourth-order valence-electron chi connectivity index (χ4n) is 2.04. The number of thiophene rings is 1. The number of hydrogen-bond acceptors (Lipinski definition) is 4. The quantitative estimate of drug-likeness (QED) is 0.835. The van der Waals surface area contributed by atoms with Gasteiger partial charge < -0.3 is 10.6 Å². The van der Waals surface area contributed by atoms with Crippen molar-refractivity contribution in [3.63, 3.8) is 0 Å². The molecule has 2 aromatic rings. The maximum Gasteiger partial charge on any atom is 0.240 e. The molecule has 0 saturated carbocycles. The Morgan fingerprint density at radius 1 is 1.24 bits per heavy atom. The lowest BCUT2D eigenvalue weighted by Crippen LogP contribution is -2.38. The number of benzene rings is 1. The summed E-state index contributed by atoms with van der Waals surface area (Å²) in [7, 11) is 1.80. The molecule has 0 aliphatic rings. The lowest BCUT2D eigenvalue weighted by molar-refractivity contribution is -0.119. The Morgan fingerprint density at radius 3 is 2.52 bits per heavy atom. The Kier molecular flexibility index (Phi) is 5.36. The predicted octanol–water partition coefficient (Wildman–Crippen LogP) is 2.82. The Labute approximate surface area is 129 Å². The Balaban J connectivity index is 1.96. The highest BCUT2D eigenvalue weighted by molar-refractivity contribution is 7.09. The van der Waals surface area contributed by atoms with Crippen LogP contribution >= 0.6 is 11.3 Å². The minimum atomic E-state index is 0.0816. The van der Waals surface area contributed by atoms with E-state index in [0.717, 1.165) is 18.8 Å². The van der Waals surface area contributed by atoms with Crippen molar-refractivity contribution in [2.24, 2.45) is 0 Å². The molecule has 0 radical (unpaired) electrons. The number of anilines is 2. The molecule has 1 aromatic heterocycles. The van der Waals surface area contributed by atoms with E-state index in [1.165, 1.54) is 4.88 Å². The molecule has 1 amide bonds. The topological polar surface area (TPSA) is 49.6 Å². The third kappa shape index (κ3) is 4.31. The summed E-state index contributed by atoms with van der Waals surface area (Å²) >= 11 is 1.72. The van der Waals surface area contributed by atoms with Crippen LogP contribution in [0.15, 0.2) is 41.8 Å². The summed E-state index contributed by atoms with van der Waals surface area (Å²) in [5, 5.41) is 2.06. The van der Waals surface area contributed by atoms with Gasteiger partial charge in [0.15, 0.2) is 0 Å². The van der Waals surface area contributed by atoms with Gasteiger partial charge in [0.1, 0.15) is 0 Å². The molecule has 0 unspecified atom stereocenters. The second kappa shape index (κ2) is 7.24. The normalized spacial score (nSPS) is 10.8. The van der Waals surface area contributed by atoms with E-state index in [-0.39, 0.29) is 5.91 Å². The van der Waals surface area contributed by atoms with Gasteiger partial charge in [-0.25, -0.2) is 0 Å². The first-order valence-corrected chi connectivity index (χ1v) is 7.85. The number of nitrogens with zero attached hydrogens (tertiary/aromatic N) is 2. The van der Waals surface area contributed by atoms with Crippen molar-refractivity contribution in [2.75, 3.05) is 30.8 Å². The molecule has 21 heavy (non-hydrogen) atoms. The molecule has 0 aliphatic carbocycles. The van der Waals surface area contributed by atoms with Crippen molar-refractivity contribution < 1.29 is 4.79 Å². The summed E-state index contributed by atoms with van der Waals surface area (Å²) in [5.74, 6) is 0.0816. The summed E-state index contributed by atoms with van der Waals surface area (Å²) in [6, 6.07) is 11.5. The fourth-order valence-corrected chi connectivity index (χ4v) is 2.79. The van der Waals surface area contributed by atoms with E-state index in [9.17, 15) is 4.79 Å². The summed E-state index contributed by atoms with van der Waals surface area (Å²) < 4.78 is 0.